The number of carbonyl (C=O) groups is 4. The molecule has 0 saturated carbocycles. The summed E-state index contributed by atoms with van der Waals surface area (Å²) >= 11 is 0. The van der Waals surface area contributed by atoms with Crippen LogP contribution in [-0.2, 0) is 35.0 Å². The molecule has 2 N–H and O–H groups in total. The number of nitrogens with two attached hydrogens (primary N) is 1. The molecule has 0 radical (unpaired) electrons. The molecule has 0 bridgehead atoms. The van der Waals surface area contributed by atoms with Crippen molar-refractivity contribution in [2.75, 3.05) is 26.9 Å². The van der Waals surface area contributed by atoms with Crippen molar-refractivity contribution in [2.45, 2.75) is 97.9 Å². The van der Waals surface area contributed by atoms with E-state index in [2.05, 4.69) is 0 Å². The molecule has 11 nitrogen and oxygen atoms in total. The van der Waals surface area contributed by atoms with Crippen molar-refractivity contribution in [3.8, 4) is 11.5 Å². The molecule has 1 rings (SSSR count). The van der Waals surface area contributed by atoms with E-state index in [9.17, 15) is 19.2 Å². The van der Waals surface area contributed by atoms with Gasteiger partial charge in [-0.1, -0.05) is 52.5 Å². The summed E-state index contributed by atoms with van der Waals surface area (Å²) in [7, 11) is 1.21. The van der Waals surface area contributed by atoms with Crippen LogP contribution in [0.4, 0.5) is 9.59 Å². The van der Waals surface area contributed by atoms with Crippen molar-refractivity contribution in [1.29, 1.82) is 0 Å². The van der Waals surface area contributed by atoms with E-state index < -0.39 is 35.2 Å². The molecule has 0 amide bonds. The molecule has 0 spiro atoms. The molecule has 11 heteroatoms. The van der Waals surface area contributed by atoms with Gasteiger partial charge in [-0.15, -0.1) is 0 Å². The lowest BCUT2D eigenvalue weighted by atomic mass is 9.88. The van der Waals surface area contributed by atoms with Crippen LogP contribution in [0.25, 0.3) is 0 Å². The SMILES string of the molecule is CCCCCOC(=O)Oc1ccc(C[C@](N)(CCOC(=O)C(C)(C)CC)C(=O)OC)cc1OC(=O)OCCCCC. The Hall–Kier alpha value is -3.34. The summed E-state index contributed by atoms with van der Waals surface area (Å²) in [5, 5.41) is 0. The van der Waals surface area contributed by atoms with E-state index in [4.69, 9.17) is 34.2 Å². The smallest absolute Gasteiger partial charge is 0.468 e. The van der Waals surface area contributed by atoms with Crippen LogP contribution in [0.15, 0.2) is 18.2 Å². The van der Waals surface area contributed by atoms with Gasteiger partial charge in [-0.3, -0.25) is 9.59 Å². The number of rotatable bonds is 18. The maximum atomic E-state index is 12.7. The van der Waals surface area contributed by atoms with Gasteiger partial charge in [-0.25, -0.2) is 9.59 Å². The number of hydrogen-bond donors (Lipinski definition) is 1. The van der Waals surface area contributed by atoms with E-state index in [1.807, 2.05) is 20.8 Å². The van der Waals surface area contributed by atoms with Gasteiger partial charge in [0.2, 0.25) is 0 Å². The monoisotopic (exact) mass is 581 g/mol. The largest absolute Gasteiger partial charge is 0.513 e. The van der Waals surface area contributed by atoms with Gasteiger partial charge in [0.25, 0.3) is 0 Å². The fourth-order valence-electron chi connectivity index (χ4n) is 3.58. The highest BCUT2D eigenvalue weighted by molar-refractivity contribution is 5.81. The van der Waals surface area contributed by atoms with Gasteiger partial charge in [0.15, 0.2) is 11.5 Å². The predicted octanol–water partition coefficient (Wildman–Crippen LogP) is 5.88. The summed E-state index contributed by atoms with van der Waals surface area (Å²) < 4.78 is 31.2. The second kappa shape index (κ2) is 18.2. The molecule has 0 fully saturated rings. The third-order valence-electron chi connectivity index (χ3n) is 6.66. The number of benzene rings is 1. The molecule has 1 aromatic carbocycles. The van der Waals surface area contributed by atoms with E-state index >= 15 is 0 Å². The van der Waals surface area contributed by atoms with Gasteiger partial charge in [-0.05, 0) is 50.8 Å². The molecular weight excluding hydrogens is 534 g/mol. The molecule has 0 unspecified atom stereocenters. The van der Waals surface area contributed by atoms with Crippen molar-refractivity contribution in [1.82, 2.24) is 0 Å². The summed E-state index contributed by atoms with van der Waals surface area (Å²) in [5.74, 6) is -1.30. The highest BCUT2D eigenvalue weighted by Gasteiger charge is 2.37. The highest BCUT2D eigenvalue weighted by Crippen LogP contribution is 2.31. The van der Waals surface area contributed by atoms with Crippen molar-refractivity contribution in [3.05, 3.63) is 23.8 Å². The van der Waals surface area contributed by atoms with Crippen LogP contribution in [0.3, 0.4) is 0 Å². The Balaban J connectivity index is 3.12. The quantitative estimate of drug-likeness (QED) is 0.0958. The fourth-order valence-corrected chi connectivity index (χ4v) is 3.58. The molecule has 1 aromatic rings. The van der Waals surface area contributed by atoms with Gasteiger partial charge in [0, 0.05) is 12.8 Å². The first-order chi connectivity index (χ1) is 19.4. The first-order valence-corrected chi connectivity index (χ1v) is 14.3. The van der Waals surface area contributed by atoms with Gasteiger partial charge in [0.05, 0.1) is 32.3 Å². The van der Waals surface area contributed by atoms with E-state index in [0.29, 0.717) is 24.8 Å². The number of esters is 2. The zero-order chi connectivity index (χ0) is 30.9. The van der Waals surface area contributed by atoms with Gasteiger partial charge < -0.3 is 34.2 Å². The van der Waals surface area contributed by atoms with Crippen LogP contribution in [0, 0.1) is 5.41 Å². The third kappa shape index (κ3) is 12.8. The normalized spacial score (nSPS) is 12.6. The standard InChI is InChI=1S/C30H47NO10/c1-7-10-12-17-38-27(34)40-23-15-14-22(20-24(23)41-28(35)39-18-13-11-8-2)21-30(31,26(33)36-6)16-19-37-25(32)29(4,5)9-3/h14-15,20H,7-13,16-19,21,31H2,1-6H3/t30-/m1/s1. The molecule has 0 aliphatic carbocycles. The fraction of sp³-hybridized carbons (Fsp3) is 0.667. The Labute approximate surface area is 243 Å². The Morgan fingerprint density at radius 2 is 1.32 bits per heavy atom. The van der Waals surface area contributed by atoms with Crippen molar-refractivity contribution in [2.24, 2.45) is 11.1 Å². The zero-order valence-electron chi connectivity index (χ0n) is 25.4. The van der Waals surface area contributed by atoms with E-state index in [1.54, 1.807) is 19.9 Å². The molecule has 0 heterocycles. The number of carbonyl (C=O) groups excluding carboxylic acids is 4. The molecule has 0 saturated heterocycles. The summed E-state index contributed by atoms with van der Waals surface area (Å²) in [5.41, 5.74) is 4.68. The molecule has 0 aliphatic heterocycles. The van der Waals surface area contributed by atoms with E-state index in [1.165, 1.54) is 19.2 Å². The minimum atomic E-state index is -1.57. The predicted molar refractivity (Wildman–Crippen MR) is 152 cm³/mol. The summed E-state index contributed by atoms with van der Waals surface area (Å²) in [4.78, 5) is 49.6. The maximum Gasteiger partial charge on any atom is 0.513 e. The van der Waals surface area contributed by atoms with Crippen LogP contribution in [0.2, 0.25) is 0 Å². The van der Waals surface area contributed by atoms with Crippen LogP contribution in [0.5, 0.6) is 11.5 Å². The second-order valence-corrected chi connectivity index (χ2v) is 10.5. The molecule has 41 heavy (non-hydrogen) atoms. The summed E-state index contributed by atoms with van der Waals surface area (Å²) in [6.07, 6.45) is 3.65. The molecule has 0 aliphatic rings. The minimum Gasteiger partial charge on any atom is -0.468 e. The number of methoxy groups -OCH3 is 1. The topological polar surface area (TPSA) is 150 Å². The Bertz CT molecular complexity index is 993. The summed E-state index contributed by atoms with van der Waals surface area (Å²) in [6, 6.07) is 4.39. The lowest BCUT2D eigenvalue weighted by Crippen LogP contribution is -2.51. The van der Waals surface area contributed by atoms with Gasteiger partial charge in [0.1, 0.15) is 5.54 Å². The number of hydrogen-bond acceptors (Lipinski definition) is 11. The molecular formula is C30H47NO10. The van der Waals surface area contributed by atoms with E-state index in [0.717, 1.165) is 25.7 Å². The molecule has 232 valence electrons. The average molecular weight is 582 g/mol. The maximum absolute atomic E-state index is 12.7. The van der Waals surface area contributed by atoms with Crippen molar-refractivity contribution >= 4 is 24.2 Å². The Morgan fingerprint density at radius 3 is 1.83 bits per heavy atom. The lowest BCUT2D eigenvalue weighted by Gasteiger charge is -2.28. The zero-order valence-corrected chi connectivity index (χ0v) is 25.4. The average Bonchev–Trinajstić information content (AvgIpc) is 2.94. The van der Waals surface area contributed by atoms with Crippen LogP contribution in [-0.4, -0.2) is 56.7 Å². The van der Waals surface area contributed by atoms with Crippen LogP contribution in [0.1, 0.15) is 91.5 Å². The Kier molecular flexibility index (Phi) is 15.8. The number of unbranched alkanes of at least 4 members (excludes halogenated alkanes) is 4. The molecule has 0 aromatic heterocycles. The Morgan fingerprint density at radius 1 is 0.756 bits per heavy atom. The molecule has 1 atom stereocenters. The highest BCUT2D eigenvalue weighted by atomic mass is 16.7. The van der Waals surface area contributed by atoms with Crippen molar-refractivity contribution < 1.29 is 47.6 Å². The first kappa shape index (κ1) is 35.7. The van der Waals surface area contributed by atoms with Crippen LogP contribution < -0.4 is 15.2 Å². The van der Waals surface area contributed by atoms with Gasteiger partial charge >= 0.3 is 24.2 Å². The van der Waals surface area contributed by atoms with Crippen molar-refractivity contribution in [3.63, 3.8) is 0 Å². The van der Waals surface area contributed by atoms with Gasteiger partial charge in [-0.2, -0.15) is 0 Å². The lowest BCUT2D eigenvalue weighted by molar-refractivity contribution is -0.157. The first-order valence-electron chi connectivity index (χ1n) is 14.3. The third-order valence-corrected chi connectivity index (χ3v) is 6.66. The summed E-state index contributed by atoms with van der Waals surface area (Å²) in [6.45, 7) is 9.73. The number of ether oxygens (including phenoxy) is 6. The van der Waals surface area contributed by atoms with E-state index in [-0.39, 0.29) is 44.2 Å². The van der Waals surface area contributed by atoms with Crippen LogP contribution >= 0.6 is 0 Å². The minimum absolute atomic E-state index is 0.0246. The second-order valence-electron chi connectivity index (χ2n) is 10.5.